The SMILES string of the molecule is COc1ccc(OCCNC(=O)C(=O)Nc2ccc(Br)cc2)cc1. The Morgan fingerprint density at radius 3 is 2.21 bits per heavy atom. The van der Waals surface area contributed by atoms with Gasteiger partial charge in [-0.2, -0.15) is 0 Å². The van der Waals surface area contributed by atoms with E-state index in [1.807, 2.05) is 0 Å². The molecule has 0 aliphatic rings. The van der Waals surface area contributed by atoms with Crippen LogP contribution in [0.15, 0.2) is 53.0 Å². The molecule has 0 saturated heterocycles. The second-order valence-electron chi connectivity index (χ2n) is 4.74. The van der Waals surface area contributed by atoms with Gasteiger partial charge in [0.25, 0.3) is 0 Å². The zero-order valence-electron chi connectivity index (χ0n) is 13.0. The van der Waals surface area contributed by atoms with Gasteiger partial charge in [0.1, 0.15) is 18.1 Å². The molecule has 2 rings (SSSR count). The highest BCUT2D eigenvalue weighted by molar-refractivity contribution is 9.10. The summed E-state index contributed by atoms with van der Waals surface area (Å²) in [7, 11) is 1.59. The van der Waals surface area contributed by atoms with Gasteiger partial charge in [0.05, 0.1) is 13.7 Å². The van der Waals surface area contributed by atoms with Crippen molar-refractivity contribution in [3.05, 3.63) is 53.0 Å². The van der Waals surface area contributed by atoms with Gasteiger partial charge in [-0.3, -0.25) is 9.59 Å². The molecule has 0 radical (unpaired) electrons. The minimum Gasteiger partial charge on any atom is -0.497 e. The van der Waals surface area contributed by atoms with Crippen molar-refractivity contribution in [3.8, 4) is 11.5 Å². The van der Waals surface area contributed by atoms with Gasteiger partial charge in [-0.15, -0.1) is 0 Å². The van der Waals surface area contributed by atoms with Crippen LogP contribution in [0.1, 0.15) is 0 Å². The third kappa shape index (κ3) is 5.58. The summed E-state index contributed by atoms with van der Waals surface area (Å²) >= 11 is 3.30. The fourth-order valence-electron chi connectivity index (χ4n) is 1.81. The average molecular weight is 393 g/mol. The summed E-state index contributed by atoms with van der Waals surface area (Å²) in [6, 6.07) is 14.0. The lowest BCUT2D eigenvalue weighted by Crippen LogP contribution is -2.37. The molecule has 0 unspecified atom stereocenters. The molecule has 24 heavy (non-hydrogen) atoms. The lowest BCUT2D eigenvalue weighted by molar-refractivity contribution is -0.136. The van der Waals surface area contributed by atoms with Crippen LogP contribution in [0, 0.1) is 0 Å². The largest absolute Gasteiger partial charge is 0.497 e. The summed E-state index contributed by atoms with van der Waals surface area (Å²) in [6.07, 6.45) is 0. The number of ether oxygens (including phenoxy) is 2. The number of amides is 2. The van der Waals surface area contributed by atoms with E-state index in [0.29, 0.717) is 11.4 Å². The molecule has 2 N–H and O–H groups in total. The molecule has 126 valence electrons. The third-order valence-corrected chi connectivity index (χ3v) is 3.55. The van der Waals surface area contributed by atoms with E-state index in [9.17, 15) is 9.59 Å². The first-order valence-electron chi connectivity index (χ1n) is 7.20. The van der Waals surface area contributed by atoms with Crippen LogP contribution in [0.3, 0.4) is 0 Å². The summed E-state index contributed by atoms with van der Waals surface area (Å²) in [4.78, 5) is 23.4. The van der Waals surface area contributed by atoms with Crippen molar-refractivity contribution < 1.29 is 19.1 Å². The second kappa shape index (κ2) is 8.93. The van der Waals surface area contributed by atoms with Gasteiger partial charge in [0, 0.05) is 10.2 Å². The molecule has 2 amide bonds. The molecule has 0 aliphatic heterocycles. The smallest absolute Gasteiger partial charge is 0.313 e. The maximum absolute atomic E-state index is 11.7. The van der Waals surface area contributed by atoms with Crippen LogP contribution in [0.5, 0.6) is 11.5 Å². The maximum Gasteiger partial charge on any atom is 0.313 e. The van der Waals surface area contributed by atoms with Crippen molar-refractivity contribution in [2.45, 2.75) is 0 Å². The van der Waals surface area contributed by atoms with Crippen LogP contribution in [-0.4, -0.2) is 32.1 Å². The highest BCUT2D eigenvalue weighted by Crippen LogP contribution is 2.16. The Labute approximate surface area is 148 Å². The molecule has 0 saturated carbocycles. The van der Waals surface area contributed by atoms with E-state index in [4.69, 9.17) is 9.47 Å². The Balaban J connectivity index is 1.70. The average Bonchev–Trinajstić information content (AvgIpc) is 2.61. The number of halogens is 1. The minimum absolute atomic E-state index is 0.221. The van der Waals surface area contributed by atoms with E-state index in [1.165, 1.54) is 0 Å². The number of carbonyl (C=O) groups excluding carboxylic acids is 2. The van der Waals surface area contributed by atoms with E-state index in [-0.39, 0.29) is 13.2 Å². The number of anilines is 1. The quantitative estimate of drug-likeness (QED) is 0.585. The van der Waals surface area contributed by atoms with Crippen LogP contribution in [0.2, 0.25) is 0 Å². The second-order valence-corrected chi connectivity index (χ2v) is 5.66. The summed E-state index contributed by atoms with van der Waals surface area (Å²) in [5.41, 5.74) is 0.549. The molecular weight excluding hydrogens is 376 g/mol. The molecule has 0 aliphatic carbocycles. The number of carbonyl (C=O) groups is 2. The molecule has 0 atom stereocenters. The third-order valence-electron chi connectivity index (χ3n) is 3.02. The van der Waals surface area contributed by atoms with Gasteiger partial charge in [-0.1, -0.05) is 15.9 Å². The summed E-state index contributed by atoms with van der Waals surface area (Å²) < 4.78 is 11.4. The van der Waals surface area contributed by atoms with Crippen molar-refractivity contribution in [1.29, 1.82) is 0 Å². The molecule has 2 aromatic carbocycles. The number of methoxy groups -OCH3 is 1. The van der Waals surface area contributed by atoms with Gasteiger partial charge < -0.3 is 20.1 Å². The minimum atomic E-state index is -0.721. The Bertz CT molecular complexity index is 687. The van der Waals surface area contributed by atoms with E-state index in [2.05, 4.69) is 26.6 Å². The zero-order chi connectivity index (χ0) is 17.4. The summed E-state index contributed by atoms with van der Waals surface area (Å²) in [6.45, 7) is 0.474. The van der Waals surface area contributed by atoms with E-state index < -0.39 is 11.8 Å². The van der Waals surface area contributed by atoms with Gasteiger partial charge in [0.2, 0.25) is 0 Å². The highest BCUT2D eigenvalue weighted by Gasteiger charge is 2.12. The fourth-order valence-corrected chi connectivity index (χ4v) is 2.07. The van der Waals surface area contributed by atoms with E-state index >= 15 is 0 Å². The molecule has 0 aromatic heterocycles. The monoisotopic (exact) mass is 392 g/mol. The molecule has 0 heterocycles. The number of nitrogens with one attached hydrogen (secondary N) is 2. The first kappa shape index (κ1) is 17.8. The molecule has 2 aromatic rings. The predicted molar refractivity (Wildman–Crippen MR) is 94.3 cm³/mol. The number of hydrogen-bond donors (Lipinski definition) is 2. The van der Waals surface area contributed by atoms with Crippen molar-refractivity contribution in [2.24, 2.45) is 0 Å². The Hall–Kier alpha value is -2.54. The molecular formula is C17H17BrN2O4. The van der Waals surface area contributed by atoms with Crippen LogP contribution < -0.4 is 20.1 Å². The van der Waals surface area contributed by atoms with E-state index in [0.717, 1.165) is 10.2 Å². The van der Waals surface area contributed by atoms with Crippen LogP contribution in [0.25, 0.3) is 0 Å². The van der Waals surface area contributed by atoms with E-state index in [1.54, 1.807) is 55.6 Å². The predicted octanol–water partition coefficient (Wildman–Crippen LogP) is 2.59. The lowest BCUT2D eigenvalue weighted by Gasteiger charge is -2.09. The molecule has 7 heteroatoms. The highest BCUT2D eigenvalue weighted by atomic mass is 79.9. The standard InChI is InChI=1S/C17H17BrN2O4/c1-23-14-6-8-15(9-7-14)24-11-10-19-16(21)17(22)20-13-4-2-12(18)3-5-13/h2-9H,10-11H2,1H3,(H,19,21)(H,20,22). The Kier molecular flexibility index (Phi) is 6.62. The molecule has 0 bridgehead atoms. The lowest BCUT2D eigenvalue weighted by atomic mass is 10.3. The van der Waals surface area contributed by atoms with Crippen molar-refractivity contribution >= 4 is 33.4 Å². The fraction of sp³-hybridized carbons (Fsp3) is 0.176. The van der Waals surface area contributed by atoms with Crippen molar-refractivity contribution in [1.82, 2.24) is 5.32 Å². The zero-order valence-corrected chi connectivity index (χ0v) is 14.6. The number of rotatable bonds is 6. The van der Waals surface area contributed by atoms with Crippen LogP contribution >= 0.6 is 15.9 Å². The Morgan fingerprint density at radius 2 is 1.58 bits per heavy atom. The summed E-state index contributed by atoms with van der Waals surface area (Å²) in [5, 5.41) is 5.01. The van der Waals surface area contributed by atoms with Gasteiger partial charge in [-0.05, 0) is 48.5 Å². The van der Waals surface area contributed by atoms with Gasteiger partial charge in [0.15, 0.2) is 0 Å². The number of benzene rings is 2. The number of hydrogen-bond acceptors (Lipinski definition) is 4. The van der Waals surface area contributed by atoms with Gasteiger partial charge >= 0.3 is 11.8 Å². The first-order valence-corrected chi connectivity index (χ1v) is 7.99. The molecule has 0 spiro atoms. The van der Waals surface area contributed by atoms with Gasteiger partial charge in [-0.25, -0.2) is 0 Å². The van der Waals surface area contributed by atoms with Crippen molar-refractivity contribution in [3.63, 3.8) is 0 Å². The van der Waals surface area contributed by atoms with Crippen LogP contribution in [-0.2, 0) is 9.59 Å². The topological polar surface area (TPSA) is 76.7 Å². The van der Waals surface area contributed by atoms with Crippen LogP contribution in [0.4, 0.5) is 5.69 Å². The Morgan fingerprint density at radius 1 is 0.958 bits per heavy atom. The maximum atomic E-state index is 11.7. The molecule has 0 fully saturated rings. The summed E-state index contributed by atoms with van der Waals surface area (Å²) in [5.74, 6) is -0.0392. The van der Waals surface area contributed by atoms with Crippen molar-refractivity contribution in [2.75, 3.05) is 25.6 Å². The first-order chi connectivity index (χ1) is 11.6. The molecule has 6 nitrogen and oxygen atoms in total. The normalized spacial score (nSPS) is 9.92.